The number of phenolic OH excluding ortho intramolecular Hbond substituents is 1. The van der Waals surface area contributed by atoms with Gasteiger partial charge in [0.15, 0.2) is 4.32 Å². The van der Waals surface area contributed by atoms with Crippen LogP contribution in [0.3, 0.4) is 0 Å². The molecule has 0 bridgehead atoms. The third kappa shape index (κ3) is 4.59. The van der Waals surface area contributed by atoms with E-state index in [-0.39, 0.29) is 10.1 Å². The maximum absolute atomic E-state index is 12.6. The van der Waals surface area contributed by atoms with E-state index in [0.717, 1.165) is 22.3 Å². The number of carbonyl (C=O) groups is 2. The first-order valence-electron chi connectivity index (χ1n) is 8.19. The van der Waals surface area contributed by atoms with E-state index in [1.807, 2.05) is 12.1 Å². The smallest absolute Gasteiger partial charge is 0.285 e. The highest BCUT2D eigenvalue weighted by Gasteiger charge is 2.33. The van der Waals surface area contributed by atoms with Crippen LogP contribution in [0.15, 0.2) is 66.1 Å². The summed E-state index contributed by atoms with van der Waals surface area (Å²) >= 11 is 6.32. The average molecular weight is 412 g/mol. The standard InChI is InChI=1S/C20H16N2O4S2/c1-2-11-26-16-9-3-13(4-10-16)12-17-19(25)22(20(27)28-17)21-18(24)14-5-7-15(23)8-6-14/h2-10,12,23H,1,11H2,(H,21,24). The molecule has 0 saturated carbocycles. The van der Waals surface area contributed by atoms with E-state index in [9.17, 15) is 14.7 Å². The summed E-state index contributed by atoms with van der Waals surface area (Å²) in [5, 5.41) is 10.3. The van der Waals surface area contributed by atoms with Gasteiger partial charge < -0.3 is 9.84 Å². The van der Waals surface area contributed by atoms with Crippen LogP contribution >= 0.6 is 24.0 Å². The Morgan fingerprint density at radius 3 is 2.54 bits per heavy atom. The van der Waals surface area contributed by atoms with Gasteiger partial charge in [-0.2, -0.15) is 5.01 Å². The first-order chi connectivity index (χ1) is 13.5. The number of benzene rings is 2. The van der Waals surface area contributed by atoms with Crippen molar-refractivity contribution in [3.63, 3.8) is 0 Å². The van der Waals surface area contributed by atoms with E-state index in [1.165, 1.54) is 24.3 Å². The highest BCUT2D eigenvalue weighted by Crippen LogP contribution is 2.31. The highest BCUT2D eigenvalue weighted by molar-refractivity contribution is 8.26. The average Bonchev–Trinajstić information content (AvgIpc) is 2.95. The van der Waals surface area contributed by atoms with Crippen LogP contribution in [0.1, 0.15) is 15.9 Å². The highest BCUT2D eigenvalue weighted by atomic mass is 32.2. The second kappa shape index (κ2) is 8.73. The molecule has 8 heteroatoms. The summed E-state index contributed by atoms with van der Waals surface area (Å²) in [6.07, 6.45) is 3.36. The number of phenols is 1. The van der Waals surface area contributed by atoms with Crippen molar-refractivity contribution >= 4 is 46.2 Å². The van der Waals surface area contributed by atoms with Gasteiger partial charge in [0.25, 0.3) is 11.8 Å². The summed E-state index contributed by atoms with van der Waals surface area (Å²) in [6.45, 7) is 4.01. The first kappa shape index (κ1) is 19.7. The van der Waals surface area contributed by atoms with E-state index >= 15 is 0 Å². The first-order valence-corrected chi connectivity index (χ1v) is 9.42. The number of thiocarbonyl (C=S) groups is 1. The van der Waals surface area contributed by atoms with Crippen LogP contribution in [0.2, 0.25) is 0 Å². The van der Waals surface area contributed by atoms with Gasteiger partial charge in [-0.05, 0) is 60.3 Å². The van der Waals surface area contributed by atoms with Gasteiger partial charge in [0.1, 0.15) is 18.1 Å². The van der Waals surface area contributed by atoms with Gasteiger partial charge in [-0.15, -0.1) is 0 Å². The molecule has 0 aliphatic carbocycles. The Bertz CT molecular complexity index is 953. The quantitative estimate of drug-likeness (QED) is 0.430. The fourth-order valence-corrected chi connectivity index (χ4v) is 3.49. The van der Waals surface area contributed by atoms with Crippen LogP contribution < -0.4 is 10.2 Å². The lowest BCUT2D eigenvalue weighted by Gasteiger charge is -2.15. The Labute approximate surface area is 171 Å². The molecule has 6 nitrogen and oxygen atoms in total. The lowest BCUT2D eigenvalue weighted by molar-refractivity contribution is -0.123. The molecule has 0 spiro atoms. The van der Waals surface area contributed by atoms with Gasteiger partial charge in [-0.3, -0.25) is 15.0 Å². The summed E-state index contributed by atoms with van der Waals surface area (Å²) < 4.78 is 5.66. The number of aromatic hydroxyl groups is 1. The lowest BCUT2D eigenvalue weighted by Crippen LogP contribution is -2.44. The number of nitrogens with one attached hydrogen (secondary N) is 1. The predicted molar refractivity (Wildman–Crippen MR) is 113 cm³/mol. The van der Waals surface area contributed by atoms with Gasteiger partial charge in [0.2, 0.25) is 0 Å². The van der Waals surface area contributed by atoms with Crippen LogP contribution in [0.25, 0.3) is 6.08 Å². The molecule has 0 aromatic heterocycles. The maximum Gasteiger partial charge on any atom is 0.285 e. The summed E-state index contributed by atoms with van der Waals surface area (Å²) in [6, 6.07) is 12.9. The minimum atomic E-state index is -0.499. The van der Waals surface area contributed by atoms with Crippen molar-refractivity contribution in [2.24, 2.45) is 0 Å². The molecule has 0 atom stereocenters. The van der Waals surface area contributed by atoms with Crippen LogP contribution in [-0.2, 0) is 4.79 Å². The zero-order chi connectivity index (χ0) is 20.1. The van der Waals surface area contributed by atoms with Crippen molar-refractivity contribution in [2.75, 3.05) is 6.61 Å². The van der Waals surface area contributed by atoms with Gasteiger partial charge in [0, 0.05) is 5.56 Å². The van der Waals surface area contributed by atoms with Crippen molar-refractivity contribution in [3.05, 3.63) is 77.2 Å². The fraction of sp³-hybridized carbons (Fsp3) is 0.0500. The summed E-state index contributed by atoms with van der Waals surface area (Å²) in [7, 11) is 0. The molecule has 1 aliphatic rings. The van der Waals surface area contributed by atoms with E-state index in [2.05, 4.69) is 12.0 Å². The number of nitrogens with zero attached hydrogens (tertiary/aromatic N) is 1. The zero-order valence-corrected chi connectivity index (χ0v) is 16.3. The number of thioether (sulfide) groups is 1. The molecule has 2 N–H and O–H groups in total. The monoisotopic (exact) mass is 412 g/mol. The number of ether oxygens (including phenoxy) is 1. The predicted octanol–water partition coefficient (Wildman–Crippen LogP) is 3.50. The number of hydrogen-bond donors (Lipinski definition) is 2. The van der Waals surface area contributed by atoms with Gasteiger partial charge in [-0.1, -0.05) is 36.5 Å². The fourth-order valence-electron chi connectivity index (χ4n) is 2.31. The van der Waals surface area contributed by atoms with E-state index in [4.69, 9.17) is 17.0 Å². The third-order valence-electron chi connectivity index (χ3n) is 3.68. The molecular formula is C20H16N2O4S2. The van der Waals surface area contributed by atoms with Crippen LogP contribution in [-0.4, -0.2) is 32.9 Å². The van der Waals surface area contributed by atoms with Gasteiger partial charge >= 0.3 is 0 Å². The Kier molecular flexibility index (Phi) is 6.13. The zero-order valence-electron chi connectivity index (χ0n) is 14.6. The Morgan fingerprint density at radius 2 is 1.89 bits per heavy atom. The van der Waals surface area contributed by atoms with Crippen LogP contribution in [0, 0.1) is 0 Å². The molecule has 2 aromatic rings. The second-order valence-electron chi connectivity index (χ2n) is 5.67. The Balaban J connectivity index is 1.70. The molecule has 0 unspecified atom stereocenters. The molecule has 2 amide bonds. The summed E-state index contributed by atoms with van der Waals surface area (Å²) in [4.78, 5) is 25.3. The SMILES string of the molecule is C=CCOc1ccc(C=C2SC(=S)N(NC(=O)c3ccc(O)cc3)C2=O)cc1. The summed E-state index contributed by atoms with van der Waals surface area (Å²) in [5.41, 5.74) is 3.59. The molecule has 1 fully saturated rings. The minimum absolute atomic E-state index is 0.0472. The number of amides is 2. The van der Waals surface area contributed by atoms with Crippen molar-refractivity contribution in [1.82, 2.24) is 10.4 Å². The molecule has 28 heavy (non-hydrogen) atoms. The van der Waals surface area contributed by atoms with Gasteiger partial charge in [0.05, 0.1) is 4.91 Å². The van der Waals surface area contributed by atoms with Crippen LogP contribution in [0.4, 0.5) is 0 Å². The largest absolute Gasteiger partial charge is 0.508 e. The molecule has 1 heterocycles. The van der Waals surface area contributed by atoms with E-state index in [1.54, 1.807) is 24.3 Å². The summed E-state index contributed by atoms with van der Waals surface area (Å²) in [5.74, 6) is -0.160. The number of carbonyl (C=O) groups excluding carboxylic acids is 2. The van der Waals surface area contributed by atoms with Crippen molar-refractivity contribution in [3.8, 4) is 11.5 Å². The molecule has 142 valence electrons. The van der Waals surface area contributed by atoms with E-state index < -0.39 is 11.8 Å². The van der Waals surface area contributed by atoms with Crippen molar-refractivity contribution in [1.29, 1.82) is 0 Å². The maximum atomic E-state index is 12.6. The number of rotatable bonds is 6. The Hall–Kier alpha value is -3.10. The van der Waals surface area contributed by atoms with Crippen molar-refractivity contribution in [2.45, 2.75) is 0 Å². The molecular weight excluding hydrogens is 396 g/mol. The van der Waals surface area contributed by atoms with Crippen molar-refractivity contribution < 1.29 is 19.4 Å². The topological polar surface area (TPSA) is 78.9 Å². The third-order valence-corrected chi connectivity index (χ3v) is 4.98. The second-order valence-corrected chi connectivity index (χ2v) is 7.35. The minimum Gasteiger partial charge on any atom is -0.508 e. The number of hydrazine groups is 1. The van der Waals surface area contributed by atoms with Crippen LogP contribution in [0.5, 0.6) is 11.5 Å². The van der Waals surface area contributed by atoms with Gasteiger partial charge in [-0.25, -0.2) is 0 Å². The normalized spacial score (nSPS) is 15.0. The molecule has 1 saturated heterocycles. The van der Waals surface area contributed by atoms with E-state index in [0.29, 0.717) is 22.8 Å². The molecule has 0 radical (unpaired) electrons. The molecule has 3 rings (SSSR count). The number of hydrogen-bond acceptors (Lipinski definition) is 6. The molecule has 2 aromatic carbocycles. The Morgan fingerprint density at radius 1 is 1.21 bits per heavy atom. The lowest BCUT2D eigenvalue weighted by atomic mass is 10.2. The molecule has 1 aliphatic heterocycles.